The van der Waals surface area contributed by atoms with Gasteiger partial charge in [0.15, 0.2) is 0 Å². The van der Waals surface area contributed by atoms with Crippen molar-refractivity contribution in [2.24, 2.45) is 11.1 Å². The predicted octanol–water partition coefficient (Wildman–Crippen LogP) is 2.78. The van der Waals surface area contributed by atoms with E-state index in [0.717, 1.165) is 24.5 Å². The second-order valence-corrected chi connectivity index (χ2v) is 6.39. The Morgan fingerprint density at radius 2 is 1.94 bits per heavy atom. The fourth-order valence-electron chi connectivity index (χ4n) is 1.88. The van der Waals surface area contributed by atoms with Gasteiger partial charge in [-0.2, -0.15) is 0 Å². The van der Waals surface area contributed by atoms with Crippen molar-refractivity contribution in [1.29, 1.82) is 0 Å². The summed E-state index contributed by atoms with van der Waals surface area (Å²) in [5.74, 6) is 1.27. The maximum absolute atomic E-state index is 6.10. The van der Waals surface area contributed by atoms with Crippen LogP contribution in [0.1, 0.15) is 52.7 Å². The Hall–Kier alpha value is -1.16. The minimum Gasteiger partial charge on any atom is -0.368 e. The highest BCUT2D eigenvalue weighted by atomic mass is 15.0. The second kappa shape index (κ2) is 6.14. The van der Waals surface area contributed by atoms with Crippen LogP contribution in [0.4, 0.5) is 5.82 Å². The zero-order valence-corrected chi connectivity index (χ0v) is 12.2. The fourth-order valence-corrected chi connectivity index (χ4v) is 1.88. The molecule has 0 radical (unpaired) electrons. The molecule has 4 nitrogen and oxygen atoms in total. The number of aromatic nitrogens is 2. The third-order valence-electron chi connectivity index (χ3n) is 2.70. The summed E-state index contributed by atoms with van der Waals surface area (Å²) >= 11 is 0. The van der Waals surface area contributed by atoms with E-state index in [4.69, 9.17) is 5.73 Å². The minimum absolute atomic E-state index is 0.141. The van der Waals surface area contributed by atoms with Crippen molar-refractivity contribution in [2.75, 3.05) is 11.9 Å². The summed E-state index contributed by atoms with van der Waals surface area (Å²) in [6.07, 6.45) is 2.59. The Labute approximate surface area is 110 Å². The topological polar surface area (TPSA) is 63.8 Å². The number of nitrogens with two attached hydrogens (primary N) is 1. The monoisotopic (exact) mass is 250 g/mol. The molecule has 0 spiro atoms. The first-order valence-corrected chi connectivity index (χ1v) is 6.59. The van der Waals surface area contributed by atoms with Crippen molar-refractivity contribution in [3.8, 4) is 0 Å². The molecule has 1 rings (SSSR count). The van der Waals surface area contributed by atoms with Crippen LogP contribution < -0.4 is 11.1 Å². The minimum atomic E-state index is 0.141. The van der Waals surface area contributed by atoms with Crippen LogP contribution in [0.15, 0.2) is 12.4 Å². The Morgan fingerprint density at radius 1 is 1.28 bits per heavy atom. The summed E-state index contributed by atoms with van der Waals surface area (Å²) in [6, 6.07) is 2.14. The van der Waals surface area contributed by atoms with E-state index in [9.17, 15) is 0 Å². The molecule has 0 aromatic carbocycles. The van der Waals surface area contributed by atoms with E-state index in [-0.39, 0.29) is 11.5 Å². The van der Waals surface area contributed by atoms with Crippen molar-refractivity contribution in [3.63, 3.8) is 0 Å². The van der Waals surface area contributed by atoms with Crippen molar-refractivity contribution in [2.45, 2.75) is 53.0 Å². The molecule has 1 unspecified atom stereocenters. The molecule has 0 fully saturated rings. The lowest BCUT2D eigenvalue weighted by atomic mass is 9.88. The molecule has 0 aliphatic rings. The maximum Gasteiger partial charge on any atom is 0.129 e. The number of anilines is 1. The first kappa shape index (κ1) is 14.9. The molecule has 1 heterocycles. The van der Waals surface area contributed by atoms with Gasteiger partial charge in [0.25, 0.3) is 0 Å². The third-order valence-corrected chi connectivity index (χ3v) is 2.70. The molecule has 0 aliphatic heterocycles. The van der Waals surface area contributed by atoms with Crippen molar-refractivity contribution in [3.05, 3.63) is 18.1 Å². The zero-order chi connectivity index (χ0) is 13.8. The normalized spacial score (nSPS) is 13.7. The Kier molecular flexibility index (Phi) is 5.08. The van der Waals surface area contributed by atoms with Crippen LogP contribution in [0, 0.1) is 5.41 Å². The van der Waals surface area contributed by atoms with Gasteiger partial charge in [-0.3, -0.25) is 0 Å². The zero-order valence-electron chi connectivity index (χ0n) is 12.2. The van der Waals surface area contributed by atoms with Crippen LogP contribution in [0.25, 0.3) is 0 Å². The summed E-state index contributed by atoms with van der Waals surface area (Å²) in [7, 11) is 0. The molecule has 1 atom stereocenters. The average molecular weight is 250 g/mol. The summed E-state index contributed by atoms with van der Waals surface area (Å²) in [5, 5.41) is 3.29. The van der Waals surface area contributed by atoms with Gasteiger partial charge in [0.2, 0.25) is 0 Å². The van der Waals surface area contributed by atoms with Crippen molar-refractivity contribution >= 4 is 5.82 Å². The number of hydrogen-bond acceptors (Lipinski definition) is 4. The van der Waals surface area contributed by atoms with E-state index in [2.05, 4.69) is 49.9 Å². The molecule has 4 heteroatoms. The fraction of sp³-hybridized carbons (Fsp3) is 0.714. The van der Waals surface area contributed by atoms with Crippen LogP contribution in [0.3, 0.4) is 0 Å². The molecule has 0 bridgehead atoms. The maximum atomic E-state index is 6.10. The predicted molar refractivity (Wildman–Crippen MR) is 76.7 cm³/mol. The average Bonchev–Trinajstić information content (AvgIpc) is 2.24. The van der Waals surface area contributed by atoms with Gasteiger partial charge >= 0.3 is 0 Å². The van der Waals surface area contributed by atoms with Gasteiger partial charge in [-0.25, -0.2) is 9.97 Å². The smallest absolute Gasteiger partial charge is 0.129 e. The highest BCUT2D eigenvalue weighted by Gasteiger charge is 2.15. The lowest BCUT2D eigenvalue weighted by molar-refractivity contribution is 0.344. The second-order valence-electron chi connectivity index (χ2n) is 6.39. The Balaban J connectivity index is 2.51. The van der Waals surface area contributed by atoms with Crippen LogP contribution in [-0.2, 0) is 0 Å². The molecular weight excluding hydrogens is 224 g/mol. The lowest BCUT2D eigenvalue weighted by Crippen LogP contribution is -2.33. The summed E-state index contributed by atoms with van der Waals surface area (Å²) in [6.45, 7) is 11.6. The standard InChI is InChI=1S/C14H26N4/c1-10(2)12-6-13(18-9-17-12)16-8-11(15)7-14(3,4)5/h6,9-11H,7-8,15H2,1-5H3,(H,16,17,18). The van der Waals surface area contributed by atoms with Crippen molar-refractivity contribution in [1.82, 2.24) is 9.97 Å². The van der Waals surface area contributed by atoms with E-state index >= 15 is 0 Å². The number of nitrogens with zero attached hydrogens (tertiary/aromatic N) is 2. The lowest BCUT2D eigenvalue weighted by Gasteiger charge is -2.23. The first-order chi connectivity index (χ1) is 8.28. The van der Waals surface area contributed by atoms with Gasteiger partial charge in [-0.05, 0) is 17.8 Å². The van der Waals surface area contributed by atoms with Gasteiger partial charge in [0.05, 0.1) is 0 Å². The van der Waals surface area contributed by atoms with Crippen LogP contribution >= 0.6 is 0 Å². The Bertz CT molecular complexity index is 368. The van der Waals surface area contributed by atoms with E-state index in [1.165, 1.54) is 0 Å². The molecule has 0 saturated carbocycles. The van der Waals surface area contributed by atoms with E-state index in [0.29, 0.717) is 5.92 Å². The highest BCUT2D eigenvalue weighted by molar-refractivity contribution is 5.35. The van der Waals surface area contributed by atoms with Crippen LogP contribution in [0.2, 0.25) is 0 Å². The molecule has 1 aromatic heterocycles. The SMILES string of the molecule is CC(C)c1cc(NCC(N)CC(C)(C)C)ncn1. The largest absolute Gasteiger partial charge is 0.368 e. The van der Waals surface area contributed by atoms with Crippen LogP contribution in [-0.4, -0.2) is 22.6 Å². The molecular formula is C14H26N4. The number of nitrogens with one attached hydrogen (secondary N) is 1. The number of rotatable bonds is 5. The van der Waals surface area contributed by atoms with Gasteiger partial charge < -0.3 is 11.1 Å². The van der Waals surface area contributed by atoms with Gasteiger partial charge in [-0.1, -0.05) is 34.6 Å². The summed E-state index contributed by atoms with van der Waals surface area (Å²) in [4.78, 5) is 8.46. The molecule has 3 N–H and O–H groups in total. The van der Waals surface area contributed by atoms with E-state index in [1.54, 1.807) is 6.33 Å². The number of hydrogen-bond donors (Lipinski definition) is 2. The molecule has 102 valence electrons. The van der Waals surface area contributed by atoms with E-state index < -0.39 is 0 Å². The van der Waals surface area contributed by atoms with E-state index in [1.807, 2.05) is 6.07 Å². The molecule has 1 aromatic rings. The molecule has 18 heavy (non-hydrogen) atoms. The molecule has 0 saturated heterocycles. The first-order valence-electron chi connectivity index (χ1n) is 6.59. The van der Waals surface area contributed by atoms with Gasteiger partial charge in [-0.15, -0.1) is 0 Å². The third kappa shape index (κ3) is 5.45. The molecule has 0 amide bonds. The van der Waals surface area contributed by atoms with Gasteiger partial charge in [0, 0.05) is 24.3 Å². The van der Waals surface area contributed by atoms with Crippen LogP contribution in [0.5, 0.6) is 0 Å². The highest BCUT2D eigenvalue weighted by Crippen LogP contribution is 2.20. The quantitative estimate of drug-likeness (QED) is 0.843. The van der Waals surface area contributed by atoms with Crippen molar-refractivity contribution < 1.29 is 0 Å². The summed E-state index contributed by atoms with van der Waals surface area (Å²) in [5.41, 5.74) is 7.41. The van der Waals surface area contributed by atoms with Gasteiger partial charge in [0.1, 0.15) is 12.1 Å². The molecule has 0 aliphatic carbocycles. The Morgan fingerprint density at radius 3 is 2.50 bits per heavy atom. The summed E-state index contributed by atoms with van der Waals surface area (Å²) < 4.78 is 0.